The molecule has 1 atom stereocenters. The summed E-state index contributed by atoms with van der Waals surface area (Å²) in [6, 6.07) is 0. The Morgan fingerprint density at radius 1 is 0.550 bits per heavy atom. The van der Waals surface area contributed by atoms with Crippen LogP contribution in [0.15, 0.2) is 24.3 Å². The average Bonchev–Trinajstić information content (AvgIpc) is 2.93. The van der Waals surface area contributed by atoms with Crippen LogP contribution in [-0.2, 0) is 14.3 Å². The number of hydrogen-bond donors (Lipinski definition) is 1. The Morgan fingerprint density at radius 3 is 1.52 bits per heavy atom. The van der Waals surface area contributed by atoms with Crippen LogP contribution in [0.3, 0.4) is 0 Å². The number of hydrogen-bond acceptors (Lipinski definition) is 3. The van der Waals surface area contributed by atoms with Crippen molar-refractivity contribution in [2.45, 2.75) is 193 Å². The molecule has 0 saturated carbocycles. The van der Waals surface area contributed by atoms with Gasteiger partial charge in [0.25, 0.3) is 0 Å². The molecule has 234 valence electrons. The Kier molecular flexibility index (Phi) is 30.7. The van der Waals surface area contributed by atoms with Gasteiger partial charge in [0.15, 0.2) is 0 Å². The van der Waals surface area contributed by atoms with Gasteiger partial charge >= 0.3 is 11.9 Å². The van der Waals surface area contributed by atoms with Crippen LogP contribution in [0.5, 0.6) is 0 Å². The Hall–Kier alpha value is -1.58. The van der Waals surface area contributed by atoms with Crippen molar-refractivity contribution in [3.05, 3.63) is 24.3 Å². The predicted octanol–water partition coefficient (Wildman–Crippen LogP) is 11.7. The van der Waals surface area contributed by atoms with E-state index in [1.54, 1.807) is 0 Å². The van der Waals surface area contributed by atoms with Gasteiger partial charge in [-0.1, -0.05) is 128 Å². The van der Waals surface area contributed by atoms with Crippen LogP contribution < -0.4 is 0 Å². The topological polar surface area (TPSA) is 63.6 Å². The van der Waals surface area contributed by atoms with Gasteiger partial charge in [0.1, 0.15) is 6.10 Å². The van der Waals surface area contributed by atoms with E-state index < -0.39 is 5.97 Å². The highest BCUT2D eigenvalue weighted by Crippen LogP contribution is 2.18. The number of aliphatic carboxylic acids is 1. The quantitative estimate of drug-likeness (QED) is 0.0518. The second-order valence-electron chi connectivity index (χ2n) is 11.7. The second kappa shape index (κ2) is 31.9. The van der Waals surface area contributed by atoms with Gasteiger partial charge in [0.2, 0.25) is 0 Å². The maximum Gasteiger partial charge on any atom is 0.306 e. The van der Waals surface area contributed by atoms with Crippen LogP contribution in [0.2, 0.25) is 0 Å². The monoisotopic (exact) mass is 562 g/mol. The first-order chi connectivity index (χ1) is 19.6. The molecule has 0 radical (unpaired) electrons. The summed E-state index contributed by atoms with van der Waals surface area (Å²) in [7, 11) is 0. The maximum atomic E-state index is 12.5. The molecule has 0 aliphatic carbocycles. The fourth-order valence-electron chi connectivity index (χ4n) is 5.10. The number of esters is 1. The van der Waals surface area contributed by atoms with E-state index in [1.165, 1.54) is 96.3 Å². The van der Waals surface area contributed by atoms with Crippen molar-refractivity contribution in [2.24, 2.45) is 0 Å². The molecule has 4 nitrogen and oxygen atoms in total. The highest BCUT2D eigenvalue weighted by molar-refractivity contribution is 5.69. The van der Waals surface area contributed by atoms with Crippen molar-refractivity contribution < 1.29 is 19.4 Å². The van der Waals surface area contributed by atoms with Gasteiger partial charge in [-0.25, -0.2) is 0 Å². The van der Waals surface area contributed by atoms with Gasteiger partial charge in [-0.2, -0.15) is 0 Å². The lowest BCUT2D eigenvalue weighted by Gasteiger charge is -2.18. The number of allylic oxidation sites excluding steroid dienone is 4. The third-order valence-corrected chi connectivity index (χ3v) is 7.68. The molecule has 0 saturated heterocycles. The highest BCUT2D eigenvalue weighted by atomic mass is 16.5. The molecule has 0 rings (SSSR count). The van der Waals surface area contributed by atoms with Gasteiger partial charge in [0, 0.05) is 12.8 Å². The summed E-state index contributed by atoms with van der Waals surface area (Å²) in [6.45, 7) is 4.46. The first-order valence-corrected chi connectivity index (χ1v) is 17.3. The third kappa shape index (κ3) is 31.0. The van der Waals surface area contributed by atoms with Gasteiger partial charge < -0.3 is 9.84 Å². The minimum Gasteiger partial charge on any atom is -0.481 e. The van der Waals surface area contributed by atoms with Crippen LogP contribution in [-0.4, -0.2) is 23.1 Å². The van der Waals surface area contributed by atoms with Crippen LogP contribution in [0, 0.1) is 0 Å². The van der Waals surface area contributed by atoms with E-state index in [4.69, 9.17) is 9.84 Å². The van der Waals surface area contributed by atoms with E-state index >= 15 is 0 Å². The molecular formula is C36H66O4. The van der Waals surface area contributed by atoms with Gasteiger partial charge in [-0.3, -0.25) is 9.59 Å². The number of carbonyl (C=O) groups excluding carboxylic acids is 1. The number of carbonyl (C=O) groups is 2. The molecule has 1 N–H and O–H groups in total. The summed E-state index contributed by atoms with van der Waals surface area (Å²) in [6.07, 6.45) is 39.3. The summed E-state index contributed by atoms with van der Waals surface area (Å²) in [5.41, 5.74) is 0. The lowest BCUT2D eigenvalue weighted by atomic mass is 10.0. The maximum absolute atomic E-state index is 12.5. The van der Waals surface area contributed by atoms with Crippen LogP contribution in [0.1, 0.15) is 187 Å². The summed E-state index contributed by atoms with van der Waals surface area (Å²) < 4.78 is 5.90. The molecule has 0 aromatic carbocycles. The minimum atomic E-state index is -0.690. The number of carboxylic acids is 1. The lowest BCUT2D eigenvalue weighted by molar-refractivity contribution is -0.150. The number of unbranched alkanes of at least 4 members (excludes halogenated alkanes) is 18. The molecule has 0 aliphatic heterocycles. The SMILES string of the molecule is CCCCC/C=C\C/C=C\CCCCCCCCCC(=O)OC(CCCCC)CCCCCCCCCC(=O)O. The van der Waals surface area contributed by atoms with E-state index in [0.717, 1.165) is 64.2 Å². The zero-order chi connectivity index (χ0) is 29.4. The summed E-state index contributed by atoms with van der Waals surface area (Å²) >= 11 is 0. The first kappa shape index (κ1) is 38.4. The summed E-state index contributed by atoms with van der Waals surface area (Å²) in [5, 5.41) is 8.70. The van der Waals surface area contributed by atoms with Crippen molar-refractivity contribution in [3.8, 4) is 0 Å². The Labute approximate surface area is 248 Å². The van der Waals surface area contributed by atoms with Crippen LogP contribution in [0.25, 0.3) is 0 Å². The largest absolute Gasteiger partial charge is 0.481 e. The molecule has 0 aliphatic rings. The van der Waals surface area contributed by atoms with E-state index in [2.05, 4.69) is 38.2 Å². The van der Waals surface area contributed by atoms with E-state index in [0.29, 0.717) is 12.8 Å². The zero-order valence-corrected chi connectivity index (χ0v) is 26.7. The van der Waals surface area contributed by atoms with Crippen molar-refractivity contribution in [2.75, 3.05) is 0 Å². The normalized spacial score (nSPS) is 12.4. The number of rotatable bonds is 31. The number of carboxylic acid groups (broad SMARTS) is 1. The van der Waals surface area contributed by atoms with Crippen molar-refractivity contribution in [3.63, 3.8) is 0 Å². The Morgan fingerprint density at radius 2 is 0.975 bits per heavy atom. The van der Waals surface area contributed by atoms with E-state index in [9.17, 15) is 9.59 Å². The van der Waals surface area contributed by atoms with Gasteiger partial charge in [0.05, 0.1) is 0 Å². The molecule has 0 fully saturated rings. The van der Waals surface area contributed by atoms with Crippen molar-refractivity contribution in [1.29, 1.82) is 0 Å². The molecule has 4 heteroatoms. The smallest absolute Gasteiger partial charge is 0.306 e. The molecular weight excluding hydrogens is 496 g/mol. The Balaban J connectivity index is 3.75. The molecule has 0 aromatic rings. The van der Waals surface area contributed by atoms with Gasteiger partial charge in [-0.15, -0.1) is 0 Å². The molecule has 0 bridgehead atoms. The molecule has 0 amide bonds. The summed E-state index contributed by atoms with van der Waals surface area (Å²) in [5.74, 6) is -0.687. The second-order valence-corrected chi connectivity index (χ2v) is 11.7. The standard InChI is InChI=1S/C36H66O4/c1-3-5-7-8-9-10-11-12-13-14-15-16-17-18-22-25-29-33-36(39)40-34(30-26-6-4-2)31-27-23-20-19-21-24-28-32-35(37)38/h9-10,12-13,34H,3-8,11,14-33H2,1-2H3,(H,37,38)/b10-9-,13-12-. The first-order valence-electron chi connectivity index (χ1n) is 17.3. The van der Waals surface area contributed by atoms with Crippen LogP contribution >= 0.6 is 0 Å². The minimum absolute atomic E-state index is 0.00233. The third-order valence-electron chi connectivity index (χ3n) is 7.68. The lowest BCUT2D eigenvalue weighted by Crippen LogP contribution is -2.18. The number of ether oxygens (including phenoxy) is 1. The summed E-state index contributed by atoms with van der Waals surface area (Å²) in [4.78, 5) is 23.0. The fraction of sp³-hybridized carbons (Fsp3) is 0.833. The van der Waals surface area contributed by atoms with E-state index in [-0.39, 0.29) is 12.1 Å². The Bertz CT molecular complexity index is 610. The molecule has 0 aromatic heterocycles. The molecule has 40 heavy (non-hydrogen) atoms. The fourth-order valence-corrected chi connectivity index (χ4v) is 5.10. The van der Waals surface area contributed by atoms with Crippen molar-refractivity contribution >= 4 is 11.9 Å². The molecule has 0 heterocycles. The van der Waals surface area contributed by atoms with Crippen molar-refractivity contribution in [1.82, 2.24) is 0 Å². The van der Waals surface area contributed by atoms with E-state index in [1.807, 2.05) is 0 Å². The highest BCUT2D eigenvalue weighted by Gasteiger charge is 2.14. The molecule has 1 unspecified atom stereocenters. The average molecular weight is 563 g/mol. The van der Waals surface area contributed by atoms with Gasteiger partial charge in [-0.05, 0) is 70.6 Å². The predicted molar refractivity (Wildman–Crippen MR) is 172 cm³/mol. The molecule has 0 spiro atoms. The zero-order valence-electron chi connectivity index (χ0n) is 26.7. The van der Waals surface area contributed by atoms with Crippen LogP contribution in [0.4, 0.5) is 0 Å².